The molecule has 13 heavy (non-hydrogen) atoms. The smallest absolute Gasteiger partial charge is 0.309 e. The van der Waals surface area contributed by atoms with E-state index in [2.05, 4.69) is 0 Å². The minimum atomic E-state index is -0.944. The van der Waals surface area contributed by atoms with E-state index in [1.807, 2.05) is 30.3 Å². The summed E-state index contributed by atoms with van der Waals surface area (Å²) < 4.78 is 0. The quantitative estimate of drug-likeness (QED) is 0.688. The van der Waals surface area contributed by atoms with Gasteiger partial charge in [0.1, 0.15) is 0 Å². The summed E-state index contributed by atoms with van der Waals surface area (Å²) in [5.74, 6) is -0.944. The van der Waals surface area contributed by atoms with Crippen molar-refractivity contribution in [2.75, 3.05) is 0 Å². The molecule has 1 aromatic rings. The number of carboxylic acid groups (broad SMARTS) is 1. The fourth-order valence-corrected chi connectivity index (χ4v) is 1.09. The van der Waals surface area contributed by atoms with Gasteiger partial charge in [0, 0.05) is 12.1 Å². The lowest BCUT2D eigenvalue weighted by molar-refractivity contribution is -0.135. The Bertz CT molecular complexity index is 306. The second-order valence-electron chi connectivity index (χ2n) is 2.84. The minimum Gasteiger partial charge on any atom is -0.481 e. The van der Waals surface area contributed by atoms with Gasteiger partial charge in [0.2, 0.25) is 0 Å². The molecule has 0 bridgehead atoms. The monoisotopic (exact) mass is 177 g/mol. The molecule has 68 valence electrons. The molecule has 0 heterocycles. The lowest BCUT2D eigenvalue weighted by atomic mass is 10.1. The largest absolute Gasteiger partial charge is 0.481 e. The SMILES string of the molecule is N=C(CC(=O)O)Cc1ccccc1. The normalized spacial score (nSPS) is 9.54. The molecule has 0 aliphatic rings. The fraction of sp³-hybridized carbons (Fsp3) is 0.200. The average molecular weight is 177 g/mol. The van der Waals surface area contributed by atoms with Gasteiger partial charge in [-0.3, -0.25) is 4.79 Å². The molecule has 0 fully saturated rings. The summed E-state index contributed by atoms with van der Waals surface area (Å²) >= 11 is 0. The third-order valence-corrected chi connectivity index (χ3v) is 1.62. The average Bonchev–Trinajstić information content (AvgIpc) is 2.04. The van der Waals surface area contributed by atoms with Crippen LogP contribution < -0.4 is 0 Å². The summed E-state index contributed by atoms with van der Waals surface area (Å²) in [6.07, 6.45) is 0.252. The number of hydrogen-bond donors (Lipinski definition) is 2. The van der Waals surface area contributed by atoms with Crippen molar-refractivity contribution >= 4 is 11.7 Å². The van der Waals surface area contributed by atoms with Crippen LogP contribution in [0.1, 0.15) is 12.0 Å². The standard InChI is InChI=1S/C10H11NO2/c11-9(7-10(12)13)6-8-4-2-1-3-5-8/h1-5,11H,6-7H2,(H,12,13). The Morgan fingerprint density at radius 2 is 1.92 bits per heavy atom. The van der Waals surface area contributed by atoms with Gasteiger partial charge in [-0.2, -0.15) is 0 Å². The highest BCUT2D eigenvalue weighted by Crippen LogP contribution is 2.01. The number of nitrogens with one attached hydrogen (secondary N) is 1. The Kier molecular flexibility index (Phi) is 3.20. The van der Waals surface area contributed by atoms with E-state index in [1.165, 1.54) is 0 Å². The van der Waals surface area contributed by atoms with Gasteiger partial charge in [-0.1, -0.05) is 30.3 Å². The molecular weight excluding hydrogens is 166 g/mol. The van der Waals surface area contributed by atoms with E-state index in [4.69, 9.17) is 10.5 Å². The maximum absolute atomic E-state index is 10.3. The lowest BCUT2D eigenvalue weighted by Crippen LogP contribution is -2.08. The molecular formula is C10H11NO2. The molecule has 0 aliphatic carbocycles. The number of aliphatic carboxylic acids is 1. The van der Waals surface area contributed by atoms with E-state index >= 15 is 0 Å². The van der Waals surface area contributed by atoms with Crippen LogP contribution in [0.2, 0.25) is 0 Å². The van der Waals surface area contributed by atoms with Gasteiger partial charge in [-0.15, -0.1) is 0 Å². The Morgan fingerprint density at radius 1 is 1.31 bits per heavy atom. The van der Waals surface area contributed by atoms with Crippen molar-refractivity contribution in [1.29, 1.82) is 5.41 Å². The first-order valence-corrected chi connectivity index (χ1v) is 4.00. The first-order chi connectivity index (χ1) is 6.18. The number of carboxylic acids is 1. The third-order valence-electron chi connectivity index (χ3n) is 1.62. The van der Waals surface area contributed by atoms with Gasteiger partial charge in [-0.25, -0.2) is 0 Å². The lowest BCUT2D eigenvalue weighted by Gasteiger charge is -2.00. The molecule has 0 saturated carbocycles. The first kappa shape index (κ1) is 9.45. The maximum Gasteiger partial charge on any atom is 0.309 e. The predicted octanol–water partition coefficient (Wildman–Crippen LogP) is 1.72. The zero-order chi connectivity index (χ0) is 9.68. The van der Waals surface area contributed by atoms with Crippen LogP contribution in [0.25, 0.3) is 0 Å². The molecule has 0 amide bonds. The van der Waals surface area contributed by atoms with E-state index in [0.717, 1.165) is 5.56 Å². The topological polar surface area (TPSA) is 61.2 Å². The van der Waals surface area contributed by atoms with Crippen molar-refractivity contribution in [1.82, 2.24) is 0 Å². The summed E-state index contributed by atoms with van der Waals surface area (Å²) in [7, 11) is 0. The van der Waals surface area contributed by atoms with Gasteiger partial charge < -0.3 is 10.5 Å². The molecule has 1 rings (SSSR count). The summed E-state index contributed by atoms with van der Waals surface area (Å²) in [5.41, 5.74) is 1.22. The molecule has 0 aromatic heterocycles. The molecule has 2 N–H and O–H groups in total. The summed E-state index contributed by atoms with van der Waals surface area (Å²) in [4.78, 5) is 10.3. The number of hydrogen-bond acceptors (Lipinski definition) is 2. The maximum atomic E-state index is 10.3. The molecule has 0 spiro atoms. The van der Waals surface area contributed by atoms with Crippen molar-refractivity contribution in [3.05, 3.63) is 35.9 Å². The first-order valence-electron chi connectivity index (χ1n) is 4.00. The van der Waals surface area contributed by atoms with Crippen LogP contribution in [-0.4, -0.2) is 16.8 Å². The summed E-state index contributed by atoms with van der Waals surface area (Å²) in [6, 6.07) is 9.42. The van der Waals surface area contributed by atoms with E-state index in [9.17, 15) is 4.79 Å². The van der Waals surface area contributed by atoms with Gasteiger partial charge in [0.15, 0.2) is 0 Å². The van der Waals surface area contributed by atoms with Crippen LogP contribution in [0.15, 0.2) is 30.3 Å². The minimum absolute atomic E-state index is 0.172. The van der Waals surface area contributed by atoms with Crippen molar-refractivity contribution < 1.29 is 9.90 Å². The van der Waals surface area contributed by atoms with Crippen molar-refractivity contribution in [3.8, 4) is 0 Å². The number of benzene rings is 1. The van der Waals surface area contributed by atoms with Crippen molar-refractivity contribution in [3.63, 3.8) is 0 Å². The molecule has 0 aliphatic heterocycles. The number of carbonyl (C=O) groups is 1. The van der Waals surface area contributed by atoms with Crippen LogP contribution in [-0.2, 0) is 11.2 Å². The van der Waals surface area contributed by atoms with E-state index in [-0.39, 0.29) is 12.1 Å². The van der Waals surface area contributed by atoms with Gasteiger partial charge in [0.25, 0.3) is 0 Å². The molecule has 0 saturated heterocycles. The van der Waals surface area contributed by atoms with Gasteiger partial charge >= 0.3 is 5.97 Å². The van der Waals surface area contributed by atoms with Crippen LogP contribution >= 0.6 is 0 Å². The van der Waals surface area contributed by atoms with Crippen LogP contribution in [0, 0.1) is 5.41 Å². The predicted molar refractivity (Wildman–Crippen MR) is 50.1 cm³/mol. The van der Waals surface area contributed by atoms with Crippen molar-refractivity contribution in [2.24, 2.45) is 0 Å². The van der Waals surface area contributed by atoms with Crippen LogP contribution in [0.3, 0.4) is 0 Å². The summed E-state index contributed by atoms with van der Waals surface area (Å²) in [5, 5.41) is 15.8. The third kappa shape index (κ3) is 3.51. The van der Waals surface area contributed by atoms with Gasteiger partial charge in [-0.05, 0) is 5.56 Å². The highest BCUT2D eigenvalue weighted by molar-refractivity contribution is 5.97. The van der Waals surface area contributed by atoms with Gasteiger partial charge in [0.05, 0.1) is 6.42 Å². The van der Waals surface area contributed by atoms with Crippen LogP contribution in [0.5, 0.6) is 0 Å². The molecule has 3 nitrogen and oxygen atoms in total. The second-order valence-corrected chi connectivity index (χ2v) is 2.84. The van der Waals surface area contributed by atoms with E-state index in [0.29, 0.717) is 6.42 Å². The fourth-order valence-electron chi connectivity index (χ4n) is 1.09. The molecule has 1 aromatic carbocycles. The summed E-state index contributed by atoms with van der Waals surface area (Å²) in [6.45, 7) is 0. The molecule has 3 heteroatoms. The van der Waals surface area contributed by atoms with E-state index in [1.54, 1.807) is 0 Å². The highest BCUT2D eigenvalue weighted by Gasteiger charge is 2.03. The zero-order valence-electron chi connectivity index (χ0n) is 7.16. The number of rotatable bonds is 4. The Hall–Kier alpha value is -1.64. The second kappa shape index (κ2) is 4.40. The van der Waals surface area contributed by atoms with Crippen LogP contribution in [0.4, 0.5) is 0 Å². The molecule has 0 atom stereocenters. The zero-order valence-corrected chi connectivity index (χ0v) is 7.16. The Morgan fingerprint density at radius 3 is 2.46 bits per heavy atom. The molecule has 0 unspecified atom stereocenters. The Balaban J connectivity index is 2.50. The van der Waals surface area contributed by atoms with Crippen molar-refractivity contribution in [2.45, 2.75) is 12.8 Å². The highest BCUT2D eigenvalue weighted by atomic mass is 16.4. The van der Waals surface area contributed by atoms with E-state index < -0.39 is 5.97 Å². The Labute approximate surface area is 76.5 Å². The molecule has 0 radical (unpaired) electrons.